The molecule has 2 atom stereocenters. The first kappa shape index (κ1) is 15.3. The molecule has 1 heterocycles. The van der Waals surface area contributed by atoms with E-state index in [0.717, 1.165) is 12.8 Å². The number of amides is 2. The van der Waals surface area contributed by atoms with E-state index in [1.807, 2.05) is 18.2 Å². The van der Waals surface area contributed by atoms with Crippen molar-refractivity contribution in [3.63, 3.8) is 0 Å². The van der Waals surface area contributed by atoms with Gasteiger partial charge in [0.25, 0.3) is 5.56 Å². The Morgan fingerprint density at radius 3 is 2.57 bits per heavy atom. The molecule has 5 heteroatoms. The summed E-state index contributed by atoms with van der Waals surface area (Å²) in [6, 6.07) is 15.3. The molecule has 23 heavy (non-hydrogen) atoms. The van der Waals surface area contributed by atoms with Gasteiger partial charge < -0.3 is 15.2 Å². The molecular weight excluding hydrogens is 290 g/mol. The Morgan fingerprint density at radius 1 is 1.09 bits per heavy atom. The normalized spacial score (nSPS) is 19.7. The van der Waals surface area contributed by atoms with Crippen molar-refractivity contribution in [3.05, 3.63) is 70.6 Å². The maximum atomic E-state index is 12.0. The summed E-state index contributed by atoms with van der Waals surface area (Å²) in [6.07, 6.45) is 3.83. The van der Waals surface area contributed by atoms with Crippen LogP contribution in [-0.2, 0) is 6.54 Å². The molecule has 1 fully saturated rings. The lowest BCUT2D eigenvalue weighted by molar-refractivity contribution is 0.220. The number of pyridine rings is 1. The van der Waals surface area contributed by atoms with Crippen molar-refractivity contribution in [1.29, 1.82) is 0 Å². The molecule has 1 aromatic heterocycles. The molecule has 0 radical (unpaired) electrons. The quantitative estimate of drug-likeness (QED) is 0.888. The van der Waals surface area contributed by atoms with E-state index in [-0.39, 0.29) is 17.6 Å². The van der Waals surface area contributed by atoms with Crippen LogP contribution >= 0.6 is 0 Å². The Hall–Kier alpha value is -2.56. The first-order valence-electron chi connectivity index (χ1n) is 7.99. The molecule has 0 saturated heterocycles. The lowest BCUT2D eigenvalue weighted by Crippen LogP contribution is -2.49. The van der Waals surface area contributed by atoms with Gasteiger partial charge in [-0.15, -0.1) is 0 Å². The van der Waals surface area contributed by atoms with Gasteiger partial charge in [-0.25, -0.2) is 4.79 Å². The molecule has 3 rings (SSSR count). The highest BCUT2D eigenvalue weighted by Gasteiger charge is 2.32. The SMILES string of the molecule is O=C(NCCn1ccccc1=O)N[C@@H]1CC[C@@H]1c1ccccc1. The van der Waals surface area contributed by atoms with Crippen molar-refractivity contribution < 1.29 is 4.79 Å². The van der Waals surface area contributed by atoms with Crippen molar-refractivity contribution in [2.24, 2.45) is 0 Å². The van der Waals surface area contributed by atoms with Crippen LogP contribution in [0.5, 0.6) is 0 Å². The summed E-state index contributed by atoms with van der Waals surface area (Å²) in [7, 11) is 0. The minimum absolute atomic E-state index is 0.0576. The largest absolute Gasteiger partial charge is 0.336 e. The molecule has 0 bridgehead atoms. The van der Waals surface area contributed by atoms with E-state index in [1.54, 1.807) is 22.9 Å². The maximum Gasteiger partial charge on any atom is 0.315 e. The fourth-order valence-electron chi connectivity index (χ4n) is 2.93. The lowest BCUT2D eigenvalue weighted by atomic mass is 9.75. The molecule has 2 N–H and O–H groups in total. The number of hydrogen-bond acceptors (Lipinski definition) is 2. The van der Waals surface area contributed by atoms with E-state index in [4.69, 9.17) is 0 Å². The molecule has 1 saturated carbocycles. The molecule has 2 amide bonds. The van der Waals surface area contributed by atoms with Gasteiger partial charge >= 0.3 is 6.03 Å². The van der Waals surface area contributed by atoms with E-state index in [1.165, 1.54) is 11.6 Å². The zero-order chi connectivity index (χ0) is 16.1. The maximum absolute atomic E-state index is 12.0. The number of carbonyl (C=O) groups is 1. The van der Waals surface area contributed by atoms with E-state index in [2.05, 4.69) is 22.8 Å². The van der Waals surface area contributed by atoms with Crippen LogP contribution in [0.15, 0.2) is 59.5 Å². The van der Waals surface area contributed by atoms with Gasteiger partial charge in [0.2, 0.25) is 0 Å². The highest BCUT2D eigenvalue weighted by Crippen LogP contribution is 2.36. The minimum atomic E-state index is -0.167. The van der Waals surface area contributed by atoms with Crippen LogP contribution < -0.4 is 16.2 Å². The molecule has 5 nitrogen and oxygen atoms in total. The molecule has 1 aromatic carbocycles. The second kappa shape index (κ2) is 7.13. The average Bonchev–Trinajstić information content (AvgIpc) is 2.54. The fourth-order valence-corrected chi connectivity index (χ4v) is 2.93. The van der Waals surface area contributed by atoms with Crippen LogP contribution in [0.25, 0.3) is 0 Å². The highest BCUT2D eigenvalue weighted by atomic mass is 16.2. The topological polar surface area (TPSA) is 63.1 Å². The molecule has 1 aliphatic carbocycles. The molecule has 0 unspecified atom stereocenters. The molecular formula is C18H21N3O2. The number of nitrogens with one attached hydrogen (secondary N) is 2. The van der Waals surface area contributed by atoms with Crippen LogP contribution in [0, 0.1) is 0 Å². The molecule has 120 valence electrons. The third-order valence-electron chi connectivity index (χ3n) is 4.36. The Morgan fingerprint density at radius 2 is 1.87 bits per heavy atom. The van der Waals surface area contributed by atoms with Crippen molar-refractivity contribution >= 4 is 6.03 Å². The summed E-state index contributed by atoms with van der Waals surface area (Å²) in [6.45, 7) is 0.901. The third kappa shape index (κ3) is 3.80. The van der Waals surface area contributed by atoms with Gasteiger partial charge in [0.1, 0.15) is 0 Å². The Labute approximate surface area is 135 Å². The number of nitrogens with zero attached hydrogens (tertiary/aromatic N) is 1. The van der Waals surface area contributed by atoms with E-state index in [0.29, 0.717) is 19.0 Å². The predicted molar refractivity (Wildman–Crippen MR) is 89.4 cm³/mol. The van der Waals surface area contributed by atoms with E-state index in [9.17, 15) is 9.59 Å². The van der Waals surface area contributed by atoms with Crippen LogP contribution in [0.4, 0.5) is 4.79 Å². The van der Waals surface area contributed by atoms with Gasteiger partial charge in [0, 0.05) is 37.3 Å². The zero-order valence-corrected chi connectivity index (χ0v) is 12.9. The average molecular weight is 311 g/mol. The second-order valence-corrected chi connectivity index (χ2v) is 5.83. The van der Waals surface area contributed by atoms with Gasteiger partial charge in [-0.05, 0) is 24.5 Å². The number of rotatable bonds is 5. The van der Waals surface area contributed by atoms with Crippen LogP contribution in [0.3, 0.4) is 0 Å². The van der Waals surface area contributed by atoms with Crippen molar-refractivity contribution in [1.82, 2.24) is 15.2 Å². The summed E-state index contributed by atoms with van der Waals surface area (Å²) in [5.41, 5.74) is 1.22. The number of benzene rings is 1. The van der Waals surface area contributed by atoms with Gasteiger partial charge in [0.15, 0.2) is 0 Å². The Bertz CT molecular complexity index is 711. The monoisotopic (exact) mass is 311 g/mol. The minimum Gasteiger partial charge on any atom is -0.336 e. The van der Waals surface area contributed by atoms with Crippen LogP contribution in [-0.4, -0.2) is 23.2 Å². The number of aromatic nitrogens is 1. The van der Waals surface area contributed by atoms with Gasteiger partial charge in [-0.2, -0.15) is 0 Å². The third-order valence-corrected chi connectivity index (χ3v) is 4.36. The van der Waals surface area contributed by atoms with Crippen molar-refractivity contribution in [2.75, 3.05) is 6.54 Å². The molecule has 1 aliphatic rings. The van der Waals surface area contributed by atoms with Gasteiger partial charge in [-0.3, -0.25) is 4.79 Å². The molecule has 2 aromatic rings. The van der Waals surface area contributed by atoms with Gasteiger partial charge in [0.05, 0.1) is 0 Å². The number of urea groups is 1. The molecule has 0 aliphatic heterocycles. The summed E-state index contributed by atoms with van der Waals surface area (Å²) >= 11 is 0. The summed E-state index contributed by atoms with van der Waals surface area (Å²) in [5.74, 6) is 0.402. The van der Waals surface area contributed by atoms with E-state index < -0.39 is 0 Å². The smallest absolute Gasteiger partial charge is 0.315 e. The number of hydrogen-bond donors (Lipinski definition) is 2. The lowest BCUT2D eigenvalue weighted by Gasteiger charge is -2.37. The number of carbonyl (C=O) groups excluding carboxylic acids is 1. The van der Waals surface area contributed by atoms with Crippen LogP contribution in [0.2, 0.25) is 0 Å². The summed E-state index contributed by atoms with van der Waals surface area (Å²) < 4.78 is 1.58. The van der Waals surface area contributed by atoms with E-state index >= 15 is 0 Å². The predicted octanol–water partition coefficient (Wildman–Crippen LogP) is 2.09. The Balaban J connectivity index is 1.45. The highest BCUT2D eigenvalue weighted by molar-refractivity contribution is 5.74. The van der Waals surface area contributed by atoms with Crippen molar-refractivity contribution in [3.8, 4) is 0 Å². The van der Waals surface area contributed by atoms with Gasteiger partial charge in [-0.1, -0.05) is 36.4 Å². The van der Waals surface area contributed by atoms with Crippen molar-refractivity contribution in [2.45, 2.75) is 31.3 Å². The Kier molecular flexibility index (Phi) is 4.76. The summed E-state index contributed by atoms with van der Waals surface area (Å²) in [4.78, 5) is 23.6. The fraction of sp³-hybridized carbons (Fsp3) is 0.333. The standard InChI is InChI=1S/C18H21N3O2/c22-17-8-4-5-12-21(17)13-11-19-18(23)20-16-10-9-15(16)14-6-2-1-3-7-14/h1-8,12,15-16H,9-11,13H2,(H2,19,20,23)/t15-,16-/m1/s1. The first-order valence-corrected chi connectivity index (χ1v) is 7.99. The first-order chi connectivity index (χ1) is 11.2. The summed E-state index contributed by atoms with van der Waals surface area (Å²) in [5, 5.41) is 5.85. The second-order valence-electron chi connectivity index (χ2n) is 5.83. The van der Waals surface area contributed by atoms with Crippen LogP contribution in [0.1, 0.15) is 24.3 Å². The molecule has 0 spiro atoms. The zero-order valence-electron chi connectivity index (χ0n) is 12.9.